The van der Waals surface area contributed by atoms with Crippen LogP contribution < -0.4 is 15.5 Å². The Morgan fingerprint density at radius 2 is 1.94 bits per heavy atom. The number of barbiturate groups is 1. The molecular weight excluding hydrogens is 449 g/mol. The fourth-order valence-corrected chi connectivity index (χ4v) is 5.55. The van der Waals surface area contributed by atoms with Crippen LogP contribution in [0.4, 0.5) is 14.9 Å². The number of fused-ring (bicyclic) bond motifs is 5. The highest BCUT2D eigenvalue weighted by molar-refractivity contribution is 6.20. The summed E-state index contributed by atoms with van der Waals surface area (Å²) in [5.74, 6) is -1.43. The van der Waals surface area contributed by atoms with Gasteiger partial charge < -0.3 is 14.2 Å². The van der Waals surface area contributed by atoms with E-state index in [2.05, 4.69) is 25.9 Å². The van der Waals surface area contributed by atoms with Gasteiger partial charge in [-0.1, -0.05) is 5.16 Å². The highest BCUT2D eigenvalue weighted by atomic mass is 19.1. The predicted molar refractivity (Wildman–Crippen MR) is 113 cm³/mol. The molecule has 34 heavy (non-hydrogen) atoms. The Labute approximate surface area is 191 Å². The van der Waals surface area contributed by atoms with Crippen molar-refractivity contribution in [2.24, 2.45) is 5.41 Å². The van der Waals surface area contributed by atoms with Gasteiger partial charge in [0.05, 0.1) is 29.3 Å². The first kappa shape index (κ1) is 20.7. The second-order valence-electron chi connectivity index (χ2n) is 8.95. The Morgan fingerprint density at radius 1 is 1.21 bits per heavy atom. The molecule has 0 radical (unpaired) electrons. The van der Waals surface area contributed by atoms with E-state index in [0.29, 0.717) is 16.8 Å². The fourth-order valence-electron chi connectivity index (χ4n) is 5.55. The average molecular weight is 469 g/mol. The summed E-state index contributed by atoms with van der Waals surface area (Å²) in [7, 11) is 0. The van der Waals surface area contributed by atoms with Gasteiger partial charge in [-0.25, -0.2) is 14.2 Å². The number of hydrogen-bond donors (Lipinski definition) is 2. The van der Waals surface area contributed by atoms with Crippen molar-refractivity contribution >= 4 is 34.5 Å². The van der Waals surface area contributed by atoms with Gasteiger partial charge in [0.1, 0.15) is 12.2 Å². The number of aryl methyl sites for hydroxylation is 1. The number of nitrogens with zero attached hydrogens (tertiary/aromatic N) is 5. The van der Waals surface area contributed by atoms with Crippen LogP contribution in [0.3, 0.4) is 0 Å². The van der Waals surface area contributed by atoms with Crippen molar-refractivity contribution in [1.82, 2.24) is 30.6 Å². The molecule has 3 aliphatic rings. The zero-order valence-electron chi connectivity index (χ0n) is 18.5. The van der Waals surface area contributed by atoms with Crippen molar-refractivity contribution in [2.45, 2.75) is 45.4 Å². The molecule has 0 saturated carbocycles. The third-order valence-electron chi connectivity index (χ3n) is 6.77. The number of rotatable bonds is 1. The van der Waals surface area contributed by atoms with Crippen LogP contribution >= 0.6 is 0 Å². The minimum atomic E-state index is -1.71. The molecule has 4 amide bonds. The number of aromatic nitrogens is 4. The van der Waals surface area contributed by atoms with Crippen LogP contribution in [-0.4, -0.2) is 62.6 Å². The minimum Gasteiger partial charge on any atom is -0.372 e. The minimum absolute atomic E-state index is 0.0730. The molecule has 1 spiro atoms. The van der Waals surface area contributed by atoms with E-state index in [1.54, 1.807) is 24.8 Å². The average Bonchev–Trinajstić information content (AvgIpc) is 3.37. The second kappa shape index (κ2) is 6.82. The smallest absolute Gasteiger partial charge is 0.328 e. The molecule has 3 aliphatic heterocycles. The normalized spacial score (nSPS) is 25.8. The lowest BCUT2D eigenvalue weighted by atomic mass is 9.66. The molecule has 2 fully saturated rings. The van der Waals surface area contributed by atoms with Crippen molar-refractivity contribution in [2.75, 3.05) is 11.4 Å². The Hall–Kier alpha value is -3.87. The number of urea groups is 1. The van der Waals surface area contributed by atoms with Crippen molar-refractivity contribution in [1.29, 1.82) is 0 Å². The summed E-state index contributed by atoms with van der Waals surface area (Å²) < 4.78 is 28.7. The number of carbonyl (C=O) groups is 3. The number of morpholine rings is 1. The van der Waals surface area contributed by atoms with Crippen molar-refractivity contribution in [3.63, 3.8) is 0 Å². The summed E-state index contributed by atoms with van der Waals surface area (Å²) in [5.41, 5.74) is -1.15. The molecule has 12 nitrogen and oxygen atoms in total. The molecule has 176 valence electrons. The maximum atomic E-state index is 16.0. The molecule has 13 heteroatoms. The number of halogens is 1. The Morgan fingerprint density at radius 3 is 2.62 bits per heavy atom. The number of benzene rings is 1. The van der Waals surface area contributed by atoms with E-state index >= 15 is 4.39 Å². The number of anilines is 1. The Kier molecular flexibility index (Phi) is 4.16. The van der Waals surface area contributed by atoms with Gasteiger partial charge in [0.25, 0.3) is 0 Å². The van der Waals surface area contributed by atoms with Gasteiger partial charge in [-0.2, -0.15) is 9.78 Å². The third-order valence-corrected chi connectivity index (χ3v) is 6.77. The standard InChI is InChI=1S/C21H20FN7O5/c1-8-6-28-14-11(4-12-15(13(14)22)34-27-17(12)29-7-23-10(3)26-29)5-21(16(28)9(2)33-8)18(30)24-20(32)25-19(21)31/h4,7-9,16H,5-6H2,1-3H3,(H2,24,25,30,31,32)/t8-,9+,16-/m1/s1. The van der Waals surface area contributed by atoms with Gasteiger partial charge >= 0.3 is 6.03 Å². The number of nitrogens with one attached hydrogen (secondary N) is 2. The summed E-state index contributed by atoms with van der Waals surface area (Å²) in [5, 5.41) is 12.9. The molecule has 5 heterocycles. The van der Waals surface area contributed by atoms with Crippen LogP contribution in [0.5, 0.6) is 0 Å². The van der Waals surface area contributed by atoms with E-state index in [1.807, 2.05) is 6.92 Å². The van der Waals surface area contributed by atoms with E-state index in [0.717, 1.165) is 0 Å². The third kappa shape index (κ3) is 2.61. The first-order valence-electron chi connectivity index (χ1n) is 10.8. The topological polar surface area (TPSA) is 144 Å². The van der Waals surface area contributed by atoms with E-state index in [4.69, 9.17) is 9.26 Å². The monoisotopic (exact) mass is 469 g/mol. The number of amides is 4. The molecule has 3 aromatic rings. The number of carbonyl (C=O) groups excluding carboxylic acids is 3. The SMILES string of the molecule is Cc1ncn(-c2noc3c(F)c4c(cc23)CC2(C(=O)NC(=O)NC2=O)[C@H]2[C@H](C)O[C@H](C)CN42)n1. The number of imide groups is 2. The van der Waals surface area contributed by atoms with Crippen LogP contribution in [0.2, 0.25) is 0 Å². The van der Waals surface area contributed by atoms with Crippen molar-refractivity contribution in [3.8, 4) is 5.82 Å². The lowest BCUT2D eigenvalue weighted by Gasteiger charge is -2.55. The summed E-state index contributed by atoms with van der Waals surface area (Å²) in [6.07, 6.45) is 0.370. The molecule has 0 unspecified atom stereocenters. The van der Waals surface area contributed by atoms with Gasteiger partial charge in [-0.15, -0.1) is 0 Å². The van der Waals surface area contributed by atoms with Crippen LogP contribution in [0.25, 0.3) is 16.8 Å². The Balaban J connectivity index is 1.60. The van der Waals surface area contributed by atoms with Crippen LogP contribution in [0.1, 0.15) is 25.2 Å². The highest BCUT2D eigenvalue weighted by Crippen LogP contribution is 2.49. The van der Waals surface area contributed by atoms with E-state index < -0.39 is 41.2 Å². The largest absolute Gasteiger partial charge is 0.372 e. The lowest BCUT2D eigenvalue weighted by molar-refractivity contribution is -0.153. The number of hydrogen-bond acceptors (Lipinski definition) is 9. The van der Waals surface area contributed by atoms with Gasteiger partial charge in [0.2, 0.25) is 23.2 Å². The van der Waals surface area contributed by atoms with Gasteiger partial charge in [0, 0.05) is 13.0 Å². The zero-order valence-corrected chi connectivity index (χ0v) is 18.5. The molecule has 6 rings (SSSR count). The fraction of sp³-hybridized carbons (Fsp3) is 0.429. The molecule has 2 aromatic heterocycles. The van der Waals surface area contributed by atoms with Gasteiger partial charge in [-0.3, -0.25) is 20.2 Å². The molecular formula is C21H20FN7O5. The maximum Gasteiger partial charge on any atom is 0.328 e. The molecule has 0 bridgehead atoms. The van der Waals surface area contributed by atoms with Gasteiger partial charge in [0.15, 0.2) is 11.2 Å². The lowest BCUT2D eigenvalue weighted by Crippen LogP contribution is -2.75. The number of ether oxygens (including phenoxy) is 1. The van der Waals surface area contributed by atoms with Crippen LogP contribution in [0, 0.1) is 18.2 Å². The maximum absolute atomic E-state index is 16.0. The molecule has 2 N–H and O–H groups in total. The zero-order chi connectivity index (χ0) is 23.9. The Bertz CT molecular complexity index is 1380. The quantitative estimate of drug-likeness (QED) is 0.493. The molecule has 3 atom stereocenters. The molecule has 1 aromatic carbocycles. The first-order chi connectivity index (χ1) is 16.2. The highest BCUT2D eigenvalue weighted by Gasteiger charge is 2.63. The van der Waals surface area contributed by atoms with Crippen molar-refractivity contribution < 1.29 is 28.0 Å². The summed E-state index contributed by atoms with van der Waals surface area (Å²) in [4.78, 5) is 44.1. The summed E-state index contributed by atoms with van der Waals surface area (Å²) >= 11 is 0. The van der Waals surface area contributed by atoms with E-state index in [1.165, 1.54) is 11.0 Å². The van der Waals surface area contributed by atoms with E-state index in [-0.39, 0.29) is 36.2 Å². The molecule has 2 saturated heterocycles. The summed E-state index contributed by atoms with van der Waals surface area (Å²) in [6.45, 7) is 5.48. The first-order valence-corrected chi connectivity index (χ1v) is 10.8. The van der Waals surface area contributed by atoms with Crippen LogP contribution in [0.15, 0.2) is 16.9 Å². The van der Waals surface area contributed by atoms with Crippen LogP contribution in [-0.2, 0) is 20.7 Å². The van der Waals surface area contributed by atoms with E-state index in [9.17, 15) is 14.4 Å². The van der Waals surface area contributed by atoms with Crippen molar-refractivity contribution in [3.05, 3.63) is 29.6 Å². The van der Waals surface area contributed by atoms with Gasteiger partial charge in [-0.05, 0) is 32.4 Å². The summed E-state index contributed by atoms with van der Waals surface area (Å²) in [6, 6.07) is -0.0899. The predicted octanol–water partition coefficient (Wildman–Crippen LogP) is 0.747. The second-order valence-corrected chi connectivity index (χ2v) is 8.95. The molecule has 0 aliphatic carbocycles.